The molecule has 122 valence electrons. The normalized spacial score (nSPS) is 18.1. The van der Waals surface area contributed by atoms with Crippen molar-refractivity contribution in [3.8, 4) is 0 Å². The van der Waals surface area contributed by atoms with E-state index in [-0.39, 0.29) is 5.56 Å². The molecule has 8 heteroatoms. The molecule has 2 heterocycles. The van der Waals surface area contributed by atoms with Crippen molar-refractivity contribution in [2.75, 3.05) is 19.6 Å². The lowest BCUT2D eigenvalue weighted by Crippen LogP contribution is -2.37. The molecule has 0 atom stereocenters. The second-order valence-corrected chi connectivity index (χ2v) is 6.73. The van der Waals surface area contributed by atoms with Crippen molar-refractivity contribution in [3.63, 3.8) is 0 Å². The van der Waals surface area contributed by atoms with E-state index in [0.29, 0.717) is 26.1 Å². The highest BCUT2D eigenvalue weighted by atomic mass is 127. The Morgan fingerprint density at radius 2 is 2.09 bits per heavy atom. The van der Waals surface area contributed by atoms with Crippen LogP contribution in [-0.4, -0.2) is 34.2 Å². The zero-order chi connectivity index (χ0) is 16.8. The van der Waals surface area contributed by atoms with Gasteiger partial charge in [-0.15, -0.1) is 0 Å². The van der Waals surface area contributed by atoms with Crippen LogP contribution in [0, 0.1) is 0 Å². The predicted molar refractivity (Wildman–Crippen MR) is 90.3 cm³/mol. The molecule has 0 saturated carbocycles. The van der Waals surface area contributed by atoms with Gasteiger partial charge in [0, 0.05) is 13.1 Å². The molecule has 2 aliphatic rings. The van der Waals surface area contributed by atoms with E-state index in [1.807, 2.05) is 0 Å². The third-order valence-corrected chi connectivity index (χ3v) is 5.32. The maximum atomic E-state index is 12.9. The molecule has 2 aliphatic heterocycles. The number of aliphatic imine (C=N–C) groups is 1. The van der Waals surface area contributed by atoms with Crippen LogP contribution in [0.5, 0.6) is 0 Å². The first kappa shape index (κ1) is 16.8. The molecular weight excluding hydrogens is 444 g/mol. The quantitative estimate of drug-likeness (QED) is 0.581. The fourth-order valence-electron chi connectivity index (χ4n) is 2.74. The van der Waals surface area contributed by atoms with Crippen LogP contribution in [0.25, 0.3) is 0 Å². The van der Waals surface area contributed by atoms with Crippen LogP contribution in [0.4, 0.5) is 13.2 Å². The Hall–Kier alpha value is -1.09. The Morgan fingerprint density at radius 1 is 1.35 bits per heavy atom. The average molecular weight is 455 g/mol. The number of benzene rings is 1. The molecule has 0 aliphatic carbocycles. The average Bonchev–Trinajstić information content (AvgIpc) is 2.86. The highest BCUT2D eigenvalue weighted by Gasteiger charge is 2.36. The fourth-order valence-corrected chi connectivity index (χ4v) is 3.88. The van der Waals surface area contributed by atoms with Gasteiger partial charge in [-0.1, -0.05) is 17.7 Å². The number of hydrogen-bond acceptors (Lipinski definition) is 2. The minimum atomic E-state index is -4.58. The summed E-state index contributed by atoms with van der Waals surface area (Å²) in [6.45, 7) is 1.39. The third-order valence-electron chi connectivity index (χ3n) is 3.92. The maximum Gasteiger partial charge on any atom is 0.417 e. The Bertz CT molecular complexity index is 743. The Kier molecular flexibility index (Phi) is 4.43. The van der Waals surface area contributed by atoms with Gasteiger partial charge < -0.3 is 4.90 Å². The van der Waals surface area contributed by atoms with E-state index in [9.17, 15) is 18.0 Å². The summed E-state index contributed by atoms with van der Waals surface area (Å²) in [5.74, 6) is -0.477. The number of halogens is 5. The molecular formula is C15H11ClF3IN2O. The van der Waals surface area contributed by atoms with Crippen molar-refractivity contribution < 1.29 is 18.0 Å². The van der Waals surface area contributed by atoms with E-state index in [1.54, 1.807) is 0 Å². The summed E-state index contributed by atoms with van der Waals surface area (Å²) in [5, 5.41) is -0.540. The van der Waals surface area contributed by atoms with Crippen LogP contribution in [0.15, 0.2) is 34.3 Å². The number of carbonyl (C=O) groups excluding carboxylic acids is 1. The van der Waals surface area contributed by atoms with E-state index in [2.05, 4.69) is 27.6 Å². The second-order valence-electron chi connectivity index (χ2n) is 5.33. The fraction of sp³-hybridized carbons (Fsp3) is 0.333. The molecule has 1 aromatic rings. The Balaban J connectivity index is 1.87. The summed E-state index contributed by atoms with van der Waals surface area (Å²) >= 11 is 8.00. The molecule has 0 N–H and O–H groups in total. The van der Waals surface area contributed by atoms with Gasteiger partial charge >= 0.3 is 6.18 Å². The van der Waals surface area contributed by atoms with Gasteiger partial charge in [0.15, 0.2) is 0 Å². The molecule has 3 nitrogen and oxygen atoms in total. The summed E-state index contributed by atoms with van der Waals surface area (Å²) < 4.78 is 39.7. The Labute approximate surface area is 149 Å². The van der Waals surface area contributed by atoms with Crippen molar-refractivity contribution in [1.82, 2.24) is 4.90 Å². The van der Waals surface area contributed by atoms with E-state index in [1.165, 1.54) is 17.0 Å². The van der Waals surface area contributed by atoms with Gasteiger partial charge in [0.1, 0.15) is 0 Å². The first-order valence-electron chi connectivity index (χ1n) is 6.85. The maximum absolute atomic E-state index is 12.9. The molecule has 1 amide bonds. The number of amides is 1. The predicted octanol–water partition coefficient (Wildman–Crippen LogP) is 4.35. The summed E-state index contributed by atoms with van der Waals surface area (Å²) in [5.41, 5.74) is 1.11. The minimum absolute atomic E-state index is 0.112. The van der Waals surface area contributed by atoms with Crippen molar-refractivity contribution >= 4 is 43.8 Å². The molecule has 0 fully saturated rings. The molecule has 3 rings (SSSR count). The zero-order valence-corrected chi connectivity index (χ0v) is 14.7. The van der Waals surface area contributed by atoms with Crippen LogP contribution >= 0.6 is 34.2 Å². The summed E-state index contributed by atoms with van der Waals surface area (Å²) in [7, 11) is 0. The molecule has 0 aromatic heterocycles. The van der Waals surface area contributed by atoms with Crippen molar-refractivity contribution in [2.45, 2.75) is 12.6 Å². The first-order valence-corrected chi connectivity index (χ1v) is 8.31. The Morgan fingerprint density at radius 3 is 2.78 bits per heavy atom. The summed E-state index contributed by atoms with van der Waals surface area (Å²) in [6.07, 6.45) is -3.92. The minimum Gasteiger partial charge on any atom is -0.334 e. The third kappa shape index (κ3) is 3.13. The lowest BCUT2D eigenvalue weighted by molar-refractivity contribution is -0.137. The van der Waals surface area contributed by atoms with E-state index >= 15 is 0 Å². The number of nitrogens with zero attached hydrogens (tertiary/aromatic N) is 2. The number of rotatable bonds is 1. The molecule has 23 heavy (non-hydrogen) atoms. The lowest BCUT2D eigenvalue weighted by Gasteiger charge is -2.29. The monoisotopic (exact) mass is 454 g/mol. The largest absolute Gasteiger partial charge is 0.417 e. The first-order chi connectivity index (χ1) is 10.8. The van der Waals surface area contributed by atoms with Crippen molar-refractivity contribution in [2.24, 2.45) is 4.99 Å². The standard InChI is InChI=1S/C15H11ClF3IN2O/c16-12-10(2-1-3-11(12)15(17,18)19)14(23)22-5-4-9-8(7-22)6-21-13(9)20/h1-3H,4-7H2. The number of alkyl halides is 3. The second kappa shape index (κ2) is 6.08. The van der Waals surface area contributed by atoms with E-state index in [4.69, 9.17) is 11.6 Å². The van der Waals surface area contributed by atoms with Crippen LogP contribution in [0.1, 0.15) is 22.3 Å². The van der Waals surface area contributed by atoms with Gasteiger partial charge in [0.05, 0.1) is 26.4 Å². The smallest absolute Gasteiger partial charge is 0.334 e. The van der Waals surface area contributed by atoms with Gasteiger partial charge in [-0.05, 0) is 52.3 Å². The molecule has 1 aromatic carbocycles. The zero-order valence-electron chi connectivity index (χ0n) is 11.8. The lowest BCUT2D eigenvalue weighted by atomic mass is 10.0. The molecule has 0 bridgehead atoms. The topological polar surface area (TPSA) is 32.7 Å². The number of carbonyl (C=O) groups is 1. The van der Waals surface area contributed by atoms with Crippen LogP contribution < -0.4 is 0 Å². The van der Waals surface area contributed by atoms with Gasteiger partial charge in [0.2, 0.25) is 0 Å². The highest BCUT2D eigenvalue weighted by Crippen LogP contribution is 2.37. The molecule has 0 radical (unpaired) electrons. The van der Waals surface area contributed by atoms with Crippen LogP contribution in [-0.2, 0) is 6.18 Å². The highest BCUT2D eigenvalue weighted by molar-refractivity contribution is 14.1. The van der Waals surface area contributed by atoms with Crippen molar-refractivity contribution in [3.05, 3.63) is 45.5 Å². The molecule has 0 unspecified atom stereocenters. The van der Waals surface area contributed by atoms with Gasteiger partial charge in [-0.2, -0.15) is 13.2 Å². The molecule has 0 saturated heterocycles. The van der Waals surface area contributed by atoms with E-state index in [0.717, 1.165) is 20.9 Å². The van der Waals surface area contributed by atoms with Gasteiger partial charge in [0.25, 0.3) is 5.91 Å². The van der Waals surface area contributed by atoms with E-state index < -0.39 is 22.7 Å². The van der Waals surface area contributed by atoms with Crippen LogP contribution in [0.3, 0.4) is 0 Å². The van der Waals surface area contributed by atoms with Crippen molar-refractivity contribution in [1.29, 1.82) is 0 Å². The summed E-state index contributed by atoms with van der Waals surface area (Å²) in [6, 6.07) is 3.42. The SMILES string of the molecule is O=C(c1cccc(C(F)(F)F)c1Cl)N1CCC2=C(CN=C2I)C1. The molecule has 0 spiro atoms. The summed E-state index contributed by atoms with van der Waals surface area (Å²) in [4.78, 5) is 18.4. The van der Waals surface area contributed by atoms with Crippen LogP contribution in [0.2, 0.25) is 5.02 Å². The number of hydrogen-bond donors (Lipinski definition) is 0. The van der Waals surface area contributed by atoms with Gasteiger partial charge in [-0.3, -0.25) is 9.79 Å². The van der Waals surface area contributed by atoms with Gasteiger partial charge in [-0.25, -0.2) is 0 Å².